The number of halogens is 2. The highest BCUT2D eigenvalue weighted by atomic mass is 35.5. The number of carbonyl (C=O) groups excluding carboxylic acids is 1. The number of rotatable bonds is 9. The Morgan fingerprint density at radius 1 is 1.26 bits per heavy atom. The summed E-state index contributed by atoms with van der Waals surface area (Å²) < 4.78 is 5.77. The molecule has 0 aliphatic rings. The molecule has 2 heterocycles. The molecule has 0 aliphatic carbocycles. The van der Waals surface area contributed by atoms with E-state index < -0.39 is 16.6 Å². The lowest BCUT2D eigenvalue weighted by Gasteiger charge is -2.06. The number of hydrogen-bond donors (Lipinski definition) is 1. The molecule has 1 amide bonds. The van der Waals surface area contributed by atoms with E-state index in [9.17, 15) is 14.9 Å². The number of pyridine rings is 1. The Balaban J connectivity index is 1.76. The summed E-state index contributed by atoms with van der Waals surface area (Å²) in [7, 11) is 0. The van der Waals surface area contributed by atoms with E-state index in [2.05, 4.69) is 22.2 Å². The van der Waals surface area contributed by atoms with Gasteiger partial charge in [0.2, 0.25) is 0 Å². The van der Waals surface area contributed by atoms with E-state index in [0.717, 1.165) is 35.9 Å². The summed E-state index contributed by atoms with van der Waals surface area (Å²) in [5.41, 5.74) is 0.514. The number of amides is 1. The Labute approximate surface area is 196 Å². The number of ether oxygens (including phenoxy) is 1. The van der Waals surface area contributed by atoms with Crippen LogP contribution in [-0.4, -0.2) is 27.4 Å². The van der Waals surface area contributed by atoms with E-state index >= 15 is 0 Å². The molecule has 0 saturated heterocycles. The molecule has 0 unspecified atom stereocenters. The molecule has 3 aromatic rings. The summed E-state index contributed by atoms with van der Waals surface area (Å²) in [6.07, 6.45) is 4.75. The number of thiazole rings is 1. The van der Waals surface area contributed by atoms with Crippen LogP contribution in [0.5, 0.6) is 5.75 Å². The monoisotopic (exact) mass is 498 g/mol. The molecule has 0 aliphatic heterocycles. The average molecular weight is 499 g/mol. The van der Waals surface area contributed by atoms with Crippen molar-refractivity contribution in [2.75, 3.05) is 11.9 Å². The number of hydrogen-bond acceptors (Lipinski definition) is 8. The number of unbranched alkanes of at least 4 members (excludes halogenated alkanes) is 1. The van der Waals surface area contributed by atoms with Gasteiger partial charge in [-0.2, -0.15) is 0 Å². The fraction of sp³-hybridized carbons (Fsp3) is 0.211. The molecule has 2 aromatic heterocycles. The minimum Gasteiger partial charge on any atom is -0.494 e. The molecule has 0 saturated carbocycles. The molecule has 0 radical (unpaired) electrons. The van der Waals surface area contributed by atoms with Crippen molar-refractivity contribution < 1.29 is 14.5 Å². The van der Waals surface area contributed by atoms with E-state index in [1.807, 2.05) is 0 Å². The van der Waals surface area contributed by atoms with Crippen LogP contribution in [0.2, 0.25) is 10.0 Å². The van der Waals surface area contributed by atoms with Gasteiger partial charge < -0.3 is 20.2 Å². The van der Waals surface area contributed by atoms with Crippen molar-refractivity contribution in [3.05, 3.63) is 61.8 Å². The molecule has 1 aromatic carbocycles. The summed E-state index contributed by atoms with van der Waals surface area (Å²) in [4.78, 5) is 31.5. The lowest BCUT2D eigenvalue weighted by Crippen LogP contribution is -2.11. The zero-order chi connectivity index (χ0) is 22.4. The first-order valence-electron chi connectivity index (χ1n) is 9.05. The molecule has 12 heteroatoms. The van der Waals surface area contributed by atoms with Gasteiger partial charge in [-0.1, -0.05) is 59.6 Å². The van der Waals surface area contributed by atoms with Gasteiger partial charge in [-0.25, -0.2) is 0 Å². The predicted molar refractivity (Wildman–Crippen MR) is 122 cm³/mol. The third kappa shape index (κ3) is 6.07. The van der Waals surface area contributed by atoms with Crippen molar-refractivity contribution in [2.45, 2.75) is 28.9 Å². The number of nitrogens with zero attached hydrogens (tertiary/aromatic N) is 3. The van der Waals surface area contributed by atoms with Gasteiger partial charge in [-0.3, -0.25) is 9.78 Å². The maximum Gasteiger partial charge on any atom is 0.389 e. The van der Waals surface area contributed by atoms with Crippen molar-refractivity contribution in [3.63, 3.8) is 0 Å². The Morgan fingerprint density at radius 2 is 1.94 bits per heavy atom. The SMILES string of the molecule is CCCCOc1ccc(NC(=O)c2nc([N+](=O)[O-])c(Sc3c(Cl)cncc3Cl)s2)cc1. The highest BCUT2D eigenvalue weighted by Crippen LogP contribution is 2.44. The van der Waals surface area contributed by atoms with Crippen LogP contribution in [0.4, 0.5) is 11.5 Å². The lowest BCUT2D eigenvalue weighted by molar-refractivity contribution is -0.391. The smallest absolute Gasteiger partial charge is 0.389 e. The van der Waals surface area contributed by atoms with E-state index in [1.54, 1.807) is 24.3 Å². The van der Waals surface area contributed by atoms with E-state index in [1.165, 1.54) is 12.4 Å². The Kier molecular flexibility index (Phi) is 8.08. The van der Waals surface area contributed by atoms with Crippen LogP contribution in [0.15, 0.2) is 45.8 Å². The van der Waals surface area contributed by atoms with Gasteiger partial charge in [0.05, 0.1) is 21.5 Å². The number of anilines is 1. The van der Waals surface area contributed by atoms with Crippen LogP contribution in [0, 0.1) is 10.1 Å². The Hall–Kier alpha value is -2.40. The summed E-state index contributed by atoms with van der Waals surface area (Å²) in [5.74, 6) is -0.309. The number of nitro groups is 1. The fourth-order valence-electron chi connectivity index (χ4n) is 2.32. The molecule has 0 spiro atoms. The highest BCUT2D eigenvalue weighted by molar-refractivity contribution is 8.01. The summed E-state index contributed by atoms with van der Waals surface area (Å²) in [5, 5.41) is 14.5. The lowest BCUT2D eigenvalue weighted by atomic mass is 10.3. The van der Waals surface area contributed by atoms with Gasteiger partial charge in [-0.05, 0) is 40.6 Å². The van der Waals surface area contributed by atoms with Gasteiger partial charge in [0.1, 0.15) is 5.75 Å². The Morgan fingerprint density at radius 3 is 2.55 bits per heavy atom. The van der Waals surface area contributed by atoms with Crippen LogP contribution in [0.1, 0.15) is 29.6 Å². The van der Waals surface area contributed by atoms with Crippen molar-refractivity contribution in [2.24, 2.45) is 0 Å². The molecule has 3 rings (SSSR count). The summed E-state index contributed by atoms with van der Waals surface area (Å²) >= 11 is 14.0. The molecular formula is C19H16Cl2N4O4S2. The molecule has 0 fully saturated rings. The van der Waals surface area contributed by atoms with Crippen LogP contribution in [0.25, 0.3) is 0 Å². The largest absolute Gasteiger partial charge is 0.494 e. The maximum atomic E-state index is 12.6. The second-order valence-corrected chi connectivity index (χ2v) is 9.19. The van der Waals surface area contributed by atoms with E-state index in [4.69, 9.17) is 27.9 Å². The molecule has 1 N–H and O–H groups in total. The van der Waals surface area contributed by atoms with Crippen LogP contribution in [0.3, 0.4) is 0 Å². The first-order valence-corrected chi connectivity index (χ1v) is 11.4. The third-order valence-electron chi connectivity index (χ3n) is 3.83. The zero-order valence-electron chi connectivity index (χ0n) is 16.1. The van der Waals surface area contributed by atoms with Crippen molar-refractivity contribution in [1.29, 1.82) is 0 Å². The molecule has 162 valence electrons. The number of carbonyl (C=O) groups is 1. The second kappa shape index (κ2) is 10.8. The van der Waals surface area contributed by atoms with Gasteiger partial charge in [0, 0.05) is 18.1 Å². The third-order valence-corrected chi connectivity index (χ3v) is 6.98. The standard InChI is InChI=1S/C19H16Cl2N4O4S2/c1-2-3-8-29-12-6-4-11(5-7-12)23-17(26)18-24-16(25(27)28)19(31-18)30-15-13(20)9-22-10-14(15)21/h4-7,9-10H,2-3,8H2,1H3,(H,23,26). The molecule has 0 atom stereocenters. The second-order valence-electron chi connectivity index (χ2n) is 6.10. The van der Waals surface area contributed by atoms with Crippen molar-refractivity contribution in [3.8, 4) is 5.75 Å². The van der Waals surface area contributed by atoms with E-state index in [0.29, 0.717) is 22.9 Å². The van der Waals surface area contributed by atoms with Crippen LogP contribution < -0.4 is 10.1 Å². The first-order chi connectivity index (χ1) is 14.9. The maximum absolute atomic E-state index is 12.6. The first kappa shape index (κ1) is 23.3. The molecular weight excluding hydrogens is 483 g/mol. The normalized spacial score (nSPS) is 10.7. The summed E-state index contributed by atoms with van der Waals surface area (Å²) in [6, 6.07) is 6.86. The van der Waals surface area contributed by atoms with Gasteiger partial charge >= 0.3 is 11.7 Å². The number of nitrogens with one attached hydrogen (secondary N) is 1. The van der Waals surface area contributed by atoms with Crippen LogP contribution in [-0.2, 0) is 0 Å². The minimum absolute atomic E-state index is 0.0567. The zero-order valence-corrected chi connectivity index (χ0v) is 19.3. The van der Waals surface area contributed by atoms with Gasteiger partial charge in [0.15, 0.2) is 4.21 Å². The highest BCUT2D eigenvalue weighted by Gasteiger charge is 2.29. The van der Waals surface area contributed by atoms with Crippen molar-refractivity contribution in [1.82, 2.24) is 9.97 Å². The number of benzene rings is 1. The van der Waals surface area contributed by atoms with Gasteiger partial charge in [0.25, 0.3) is 5.01 Å². The molecule has 0 bridgehead atoms. The van der Waals surface area contributed by atoms with Crippen molar-refractivity contribution >= 4 is 63.7 Å². The minimum atomic E-state index is -0.652. The topological polar surface area (TPSA) is 107 Å². The fourth-order valence-corrected chi connectivity index (χ4v) is 4.93. The van der Waals surface area contributed by atoms with Gasteiger partial charge in [-0.15, -0.1) is 0 Å². The number of aromatic nitrogens is 2. The molecule has 31 heavy (non-hydrogen) atoms. The quantitative estimate of drug-likeness (QED) is 0.208. The Bertz CT molecular complexity index is 1070. The van der Waals surface area contributed by atoms with Crippen LogP contribution >= 0.6 is 46.3 Å². The molecule has 8 nitrogen and oxygen atoms in total. The predicted octanol–water partition coefficient (Wildman–Crippen LogP) is 6.34. The summed E-state index contributed by atoms with van der Waals surface area (Å²) in [6.45, 7) is 2.70. The average Bonchev–Trinajstić information content (AvgIpc) is 3.17. The van der Waals surface area contributed by atoms with E-state index in [-0.39, 0.29) is 19.3 Å².